The van der Waals surface area contributed by atoms with Gasteiger partial charge in [-0.15, -0.1) is 11.3 Å². The molecular formula is C13H18BrN3S. The van der Waals surface area contributed by atoms with Crippen molar-refractivity contribution in [2.24, 2.45) is 4.99 Å². The van der Waals surface area contributed by atoms with Crippen LogP contribution in [0.4, 0.5) is 0 Å². The van der Waals surface area contributed by atoms with E-state index in [1.54, 1.807) is 0 Å². The van der Waals surface area contributed by atoms with Gasteiger partial charge >= 0.3 is 0 Å². The smallest absolute Gasteiger partial charge is 0.193 e. The van der Waals surface area contributed by atoms with Crippen LogP contribution in [0, 0.1) is 0 Å². The van der Waals surface area contributed by atoms with Gasteiger partial charge in [-0.25, -0.2) is 0 Å². The largest absolute Gasteiger partial charge is 0.355 e. The lowest BCUT2D eigenvalue weighted by molar-refractivity contribution is 0.247. The summed E-state index contributed by atoms with van der Waals surface area (Å²) in [4.78, 5) is 8.22. The summed E-state index contributed by atoms with van der Waals surface area (Å²) in [5.41, 5.74) is 0.350. The fraction of sp³-hybridized carbons (Fsp3) is 0.615. The number of aliphatic imine (C=N–C) groups is 1. The topological polar surface area (TPSA) is 27.6 Å². The van der Waals surface area contributed by atoms with Crippen molar-refractivity contribution in [3.8, 4) is 0 Å². The molecule has 0 saturated heterocycles. The molecule has 1 aliphatic carbocycles. The average Bonchev–Trinajstić information content (AvgIpc) is 2.88. The summed E-state index contributed by atoms with van der Waals surface area (Å²) in [6.07, 6.45) is 3.94. The lowest BCUT2D eigenvalue weighted by atomic mass is 9.68. The number of nitrogens with zero attached hydrogens (tertiary/aromatic N) is 2. The Balaban J connectivity index is 1.69. The van der Waals surface area contributed by atoms with Crippen LogP contribution in [0.1, 0.15) is 24.1 Å². The molecule has 2 aliphatic rings. The average molecular weight is 328 g/mol. The molecule has 1 fully saturated rings. The number of thiophene rings is 1. The molecule has 1 N–H and O–H groups in total. The van der Waals surface area contributed by atoms with E-state index in [0.717, 1.165) is 25.6 Å². The molecule has 5 heteroatoms. The van der Waals surface area contributed by atoms with Crippen molar-refractivity contribution in [2.45, 2.75) is 24.7 Å². The molecule has 2 heterocycles. The van der Waals surface area contributed by atoms with Crippen LogP contribution in [0.5, 0.6) is 0 Å². The molecule has 18 heavy (non-hydrogen) atoms. The summed E-state index contributed by atoms with van der Waals surface area (Å²) in [6.45, 7) is 2.99. The number of hydrogen-bond acceptors (Lipinski definition) is 4. The van der Waals surface area contributed by atoms with Crippen molar-refractivity contribution in [3.05, 3.63) is 20.8 Å². The van der Waals surface area contributed by atoms with E-state index in [1.165, 1.54) is 27.9 Å². The van der Waals surface area contributed by atoms with Crippen LogP contribution in [0.3, 0.4) is 0 Å². The highest BCUT2D eigenvalue weighted by Crippen LogP contribution is 2.46. The Kier molecular flexibility index (Phi) is 3.36. The number of halogens is 1. The van der Waals surface area contributed by atoms with Gasteiger partial charge in [0.1, 0.15) is 0 Å². The van der Waals surface area contributed by atoms with Crippen LogP contribution in [0.2, 0.25) is 0 Å². The molecule has 0 spiro atoms. The maximum Gasteiger partial charge on any atom is 0.193 e. The number of rotatable bonds is 3. The van der Waals surface area contributed by atoms with Gasteiger partial charge in [-0.3, -0.25) is 4.99 Å². The van der Waals surface area contributed by atoms with E-state index in [-0.39, 0.29) is 0 Å². The van der Waals surface area contributed by atoms with E-state index in [4.69, 9.17) is 0 Å². The highest BCUT2D eigenvalue weighted by atomic mass is 79.9. The van der Waals surface area contributed by atoms with Crippen LogP contribution in [0.25, 0.3) is 0 Å². The maximum absolute atomic E-state index is 4.50. The van der Waals surface area contributed by atoms with E-state index in [1.807, 2.05) is 11.3 Å². The van der Waals surface area contributed by atoms with Crippen molar-refractivity contribution < 1.29 is 0 Å². The summed E-state index contributed by atoms with van der Waals surface area (Å²) >= 11 is 5.45. The minimum atomic E-state index is 0.350. The molecule has 0 amide bonds. The monoisotopic (exact) mass is 327 g/mol. The number of nitrogens with one attached hydrogen (secondary N) is 1. The zero-order chi connectivity index (χ0) is 12.6. The first-order valence-corrected chi connectivity index (χ1v) is 8.06. The Morgan fingerprint density at radius 2 is 2.33 bits per heavy atom. The Morgan fingerprint density at radius 1 is 1.50 bits per heavy atom. The van der Waals surface area contributed by atoms with Gasteiger partial charge in [0.05, 0.1) is 10.3 Å². The van der Waals surface area contributed by atoms with E-state index >= 15 is 0 Å². The quantitative estimate of drug-likeness (QED) is 0.924. The van der Waals surface area contributed by atoms with Crippen LogP contribution < -0.4 is 5.32 Å². The summed E-state index contributed by atoms with van der Waals surface area (Å²) in [7, 11) is 2.11. The van der Waals surface area contributed by atoms with Gasteiger partial charge in [0.25, 0.3) is 0 Å². The predicted octanol–water partition coefficient (Wildman–Crippen LogP) is 2.82. The summed E-state index contributed by atoms with van der Waals surface area (Å²) in [5.74, 6) is 1.07. The summed E-state index contributed by atoms with van der Waals surface area (Å²) < 4.78 is 1.24. The van der Waals surface area contributed by atoms with Crippen molar-refractivity contribution in [2.75, 3.05) is 26.7 Å². The fourth-order valence-corrected chi connectivity index (χ4v) is 4.32. The van der Waals surface area contributed by atoms with E-state index in [2.05, 4.69) is 50.3 Å². The van der Waals surface area contributed by atoms with Gasteiger partial charge in [0, 0.05) is 30.4 Å². The van der Waals surface area contributed by atoms with Crippen molar-refractivity contribution >= 4 is 33.2 Å². The lowest BCUT2D eigenvalue weighted by Crippen LogP contribution is -2.47. The summed E-state index contributed by atoms with van der Waals surface area (Å²) in [6, 6.07) is 4.44. The predicted molar refractivity (Wildman–Crippen MR) is 80.5 cm³/mol. The Bertz CT molecular complexity index is 465. The molecule has 0 unspecified atom stereocenters. The zero-order valence-electron chi connectivity index (χ0n) is 10.6. The molecule has 1 aliphatic heterocycles. The van der Waals surface area contributed by atoms with Crippen molar-refractivity contribution in [1.29, 1.82) is 0 Å². The van der Waals surface area contributed by atoms with Crippen LogP contribution >= 0.6 is 27.3 Å². The van der Waals surface area contributed by atoms with Gasteiger partial charge in [0.2, 0.25) is 0 Å². The van der Waals surface area contributed by atoms with E-state index < -0.39 is 0 Å². The third-order valence-electron chi connectivity index (χ3n) is 4.05. The molecule has 0 bridgehead atoms. The maximum atomic E-state index is 4.50. The SMILES string of the molecule is CN1CCN=C1NCC1(c2ccc(Br)s2)CCC1. The van der Waals surface area contributed by atoms with Crippen molar-refractivity contribution in [1.82, 2.24) is 10.2 Å². The molecule has 0 atom stereocenters. The van der Waals surface area contributed by atoms with Crippen molar-refractivity contribution in [3.63, 3.8) is 0 Å². The molecule has 0 aromatic carbocycles. The van der Waals surface area contributed by atoms with Gasteiger partial charge in [-0.1, -0.05) is 6.42 Å². The molecule has 1 saturated carbocycles. The van der Waals surface area contributed by atoms with Crippen LogP contribution in [-0.4, -0.2) is 37.5 Å². The third kappa shape index (κ3) is 2.18. The minimum absolute atomic E-state index is 0.350. The van der Waals surface area contributed by atoms with Gasteiger partial charge < -0.3 is 10.2 Å². The molecule has 98 valence electrons. The first-order valence-electron chi connectivity index (χ1n) is 6.45. The third-order valence-corrected chi connectivity index (χ3v) is 5.92. The first kappa shape index (κ1) is 12.5. The van der Waals surface area contributed by atoms with E-state index in [9.17, 15) is 0 Å². The Labute approximate surface area is 120 Å². The number of likely N-dealkylation sites (N-methyl/N-ethyl adjacent to an activating group) is 1. The van der Waals surface area contributed by atoms with Crippen LogP contribution in [0.15, 0.2) is 20.9 Å². The fourth-order valence-electron chi connectivity index (χ4n) is 2.68. The molecule has 1 aromatic heterocycles. The number of hydrogen-bond donors (Lipinski definition) is 1. The number of guanidine groups is 1. The Morgan fingerprint density at radius 3 is 2.83 bits per heavy atom. The normalized spacial score (nSPS) is 21.7. The Hall–Kier alpha value is -0.550. The molecular weight excluding hydrogens is 310 g/mol. The molecule has 0 radical (unpaired) electrons. The second kappa shape index (κ2) is 4.85. The zero-order valence-corrected chi connectivity index (χ0v) is 13.0. The first-order chi connectivity index (χ1) is 8.70. The highest BCUT2D eigenvalue weighted by Gasteiger charge is 2.40. The summed E-state index contributed by atoms with van der Waals surface area (Å²) in [5, 5.41) is 3.55. The second-order valence-corrected chi connectivity index (χ2v) is 7.68. The van der Waals surface area contributed by atoms with E-state index in [0.29, 0.717) is 5.41 Å². The highest BCUT2D eigenvalue weighted by molar-refractivity contribution is 9.11. The molecule has 3 rings (SSSR count). The molecule has 1 aromatic rings. The van der Waals surface area contributed by atoms with Gasteiger partial charge in [-0.05, 0) is 40.9 Å². The van der Waals surface area contributed by atoms with Gasteiger partial charge in [-0.2, -0.15) is 0 Å². The standard InChI is InChI=1S/C13H18BrN3S/c1-17-8-7-15-12(17)16-9-13(5-2-6-13)10-3-4-11(14)18-10/h3-4H,2,5-9H2,1H3,(H,15,16). The molecule has 3 nitrogen and oxygen atoms in total. The second-order valence-electron chi connectivity index (χ2n) is 5.22. The lowest BCUT2D eigenvalue weighted by Gasteiger charge is -2.41. The minimum Gasteiger partial charge on any atom is -0.355 e. The van der Waals surface area contributed by atoms with Crippen LogP contribution in [-0.2, 0) is 5.41 Å². The van der Waals surface area contributed by atoms with Gasteiger partial charge in [0.15, 0.2) is 5.96 Å².